The first kappa shape index (κ1) is 21.6. The van der Waals surface area contributed by atoms with Crippen molar-refractivity contribution in [1.29, 1.82) is 0 Å². The first-order valence-electron chi connectivity index (χ1n) is 10.3. The lowest BCUT2D eigenvalue weighted by Crippen LogP contribution is -2.46. The summed E-state index contributed by atoms with van der Waals surface area (Å²) in [4.78, 5) is 12.5. The highest BCUT2D eigenvalue weighted by Gasteiger charge is 2.38. The molecule has 2 fully saturated rings. The lowest BCUT2D eigenvalue weighted by Gasteiger charge is -2.36. The quantitative estimate of drug-likeness (QED) is 0.744. The Kier molecular flexibility index (Phi) is 5.94. The molecule has 8 heteroatoms. The highest BCUT2D eigenvalue weighted by atomic mass is 19.4. The van der Waals surface area contributed by atoms with Gasteiger partial charge in [-0.1, -0.05) is 12.1 Å². The Morgan fingerprint density at radius 3 is 2.13 bits per heavy atom. The van der Waals surface area contributed by atoms with Gasteiger partial charge in [-0.25, -0.2) is 0 Å². The summed E-state index contributed by atoms with van der Waals surface area (Å²) in [5.41, 5.74) is -0.401. The average Bonchev–Trinajstić information content (AvgIpc) is 2.73. The predicted molar refractivity (Wildman–Crippen MR) is 107 cm³/mol. The fraction of sp³-hybridized carbons (Fsp3) is 0.435. The molecule has 0 radical (unpaired) electrons. The van der Waals surface area contributed by atoms with Gasteiger partial charge in [-0.05, 0) is 67.6 Å². The van der Waals surface area contributed by atoms with Crippen LogP contribution in [0.2, 0.25) is 0 Å². The van der Waals surface area contributed by atoms with Crippen LogP contribution in [0.15, 0.2) is 48.5 Å². The third kappa shape index (κ3) is 5.02. The van der Waals surface area contributed by atoms with Crippen molar-refractivity contribution in [1.82, 2.24) is 5.32 Å². The summed E-state index contributed by atoms with van der Waals surface area (Å²) in [6, 6.07) is 11.6. The van der Waals surface area contributed by atoms with E-state index in [-0.39, 0.29) is 31.3 Å². The molecule has 2 aromatic rings. The minimum atomic E-state index is -4.36. The van der Waals surface area contributed by atoms with Crippen LogP contribution < -0.4 is 10.1 Å². The molecule has 0 unspecified atom stereocenters. The summed E-state index contributed by atoms with van der Waals surface area (Å²) >= 11 is 0. The van der Waals surface area contributed by atoms with Crippen LogP contribution in [0.1, 0.15) is 47.2 Å². The highest BCUT2D eigenvalue weighted by molar-refractivity contribution is 5.94. The Bertz CT molecular complexity index is 900. The molecule has 2 aromatic carbocycles. The van der Waals surface area contributed by atoms with Crippen molar-refractivity contribution in [2.75, 3.05) is 13.2 Å². The molecule has 0 bridgehead atoms. The second-order valence-corrected chi connectivity index (χ2v) is 8.19. The summed E-state index contributed by atoms with van der Waals surface area (Å²) in [5.74, 6) is 0.245. The van der Waals surface area contributed by atoms with Crippen molar-refractivity contribution in [3.63, 3.8) is 0 Å². The third-order valence-corrected chi connectivity index (χ3v) is 5.86. The van der Waals surface area contributed by atoms with Gasteiger partial charge in [-0.2, -0.15) is 13.2 Å². The Hall–Kier alpha value is -2.58. The summed E-state index contributed by atoms with van der Waals surface area (Å²) in [5, 5.41) is 13.3. The van der Waals surface area contributed by atoms with Gasteiger partial charge in [0.1, 0.15) is 11.4 Å². The molecule has 0 aromatic heterocycles. The van der Waals surface area contributed by atoms with Gasteiger partial charge in [-0.15, -0.1) is 0 Å². The maximum Gasteiger partial charge on any atom is 0.416 e. The maximum atomic E-state index is 12.6. The van der Waals surface area contributed by atoms with E-state index in [0.29, 0.717) is 24.2 Å². The number of ether oxygens (including phenoxy) is 2. The van der Waals surface area contributed by atoms with Crippen LogP contribution in [0.3, 0.4) is 0 Å². The Morgan fingerprint density at radius 2 is 1.61 bits per heavy atom. The predicted octanol–water partition coefficient (Wildman–Crippen LogP) is 4.04. The number of hydrogen-bond donors (Lipinski definition) is 2. The van der Waals surface area contributed by atoms with Crippen LogP contribution >= 0.6 is 0 Å². The van der Waals surface area contributed by atoms with Gasteiger partial charge in [0.15, 0.2) is 0 Å². The van der Waals surface area contributed by atoms with E-state index in [1.807, 2.05) is 0 Å². The van der Waals surface area contributed by atoms with Crippen molar-refractivity contribution in [2.45, 2.75) is 49.6 Å². The van der Waals surface area contributed by atoms with Gasteiger partial charge in [0.25, 0.3) is 5.91 Å². The number of benzene rings is 2. The van der Waals surface area contributed by atoms with Gasteiger partial charge in [-0.3, -0.25) is 4.79 Å². The molecule has 31 heavy (non-hydrogen) atoms. The van der Waals surface area contributed by atoms with E-state index < -0.39 is 17.3 Å². The second-order valence-electron chi connectivity index (χ2n) is 8.19. The molecule has 1 amide bonds. The fourth-order valence-electron chi connectivity index (χ4n) is 3.90. The fourth-order valence-corrected chi connectivity index (χ4v) is 3.90. The van der Waals surface area contributed by atoms with Crippen molar-refractivity contribution < 1.29 is 32.5 Å². The van der Waals surface area contributed by atoms with Gasteiger partial charge in [0.2, 0.25) is 0 Å². The number of hydrogen-bond acceptors (Lipinski definition) is 4. The monoisotopic (exact) mass is 435 g/mol. The molecule has 4 rings (SSSR count). The van der Waals surface area contributed by atoms with E-state index in [1.54, 1.807) is 24.3 Å². The number of alkyl halides is 3. The zero-order valence-corrected chi connectivity index (χ0v) is 16.8. The zero-order valence-electron chi connectivity index (χ0n) is 16.8. The Morgan fingerprint density at radius 1 is 1.00 bits per heavy atom. The summed E-state index contributed by atoms with van der Waals surface area (Å²) in [6.45, 7) is 0.520. The minimum Gasteiger partial charge on any atom is -0.490 e. The number of halogens is 3. The second kappa shape index (κ2) is 8.51. The lowest BCUT2D eigenvalue weighted by molar-refractivity contribution is -0.184. The largest absolute Gasteiger partial charge is 0.490 e. The summed E-state index contributed by atoms with van der Waals surface area (Å²) in [6.07, 6.45) is -1.58. The lowest BCUT2D eigenvalue weighted by atomic mass is 9.91. The van der Waals surface area contributed by atoms with E-state index in [1.165, 1.54) is 12.1 Å². The van der Waals surface area contributed by atoms with Crippen LogP contribution in [-0.4, -0.2) is 36.4 Å². The number of amides is 1. The van der Waals surface area contributed by atoms with E-state index in [4.69, 9.17) is 9.47 Å². The molecule has 2 N–H and O–H groups in total. The average molecular weight is 435 g/mol. The van der Waals surface area contributed by atoms with Crippen molar-refractivity contribution in [3.8, 4) is 5.75 Å². The molecule has 1 saturated heterocycles. The van der Waals surface area contributed by atoms with Gasteiger partial charge >= 0.3 is 6.18 Å². The molecular formula is C23H24F3NO4. The zero-order chi connectivity index (χ0) is 22.1. The molecule has 1 aliphatic heterocycles. The topological polar surface area (TPSA) is 67.8 Å². The molecule has 1 heterocycles. The number of rotatable bonds is 5. The van der Waals surface area contributed by atoms with Crippen molar-refractivity contribution in [3.05, 3.63) is 65.2 Å². The number of aliphatic hydroxyl groups is 1. The van der Waals surface area contributed by atoms with E-state index in [0.717, 1.165) is 30.5 Å². The molecule has 1 saturated carbocycles. The van der Waals surface area contributed by atoms with Crippen LogP contribution in [0.5, 0.6) is 5.75 Å². The maximum absolute atomic E-state index is 12.6. The molecule has 1 aliphatic carbocycles. The van der Waals surface area contributed by atoms with Crippen LogP contribution in [0.25, 0.3) is 0 Å². The first-order chi connectivity index (χ1) is 14.7. The van der Waals surface area contributed by atoms with E-state index >= 15 is 0 Å². The summed E-state index contributed by atoms with van der Waals surface area (Å²) < 4.78 is 48.8. The highest BCUT2D eigenvalue weighted by Crippen LogP contribution is 2.32. The van der Waals surface area contributed by atoms with Gasteiger partial charge in [0, 0.05) is 11.6 Å². The number of nitrogens with one attached hydrogen (secondary N) is 1. The van der Waals surface area contributed by atoms with Crippen LogP contribution in [0, 0.1) is 0 Å². The Labute approximate surface area is 178 Å². The standard InChI is InChI=1S/C23H24F3NO4/c24-23(25,26)17-5-9-19(10-6-17)31-20-11-7-18(8-12-20)27-21(28)15-1-3-16(4-2-15)22(29)13-30-14-22/h1-6,9-10,18,20,29H,7-8,11-14H2,(H,27,28). The third-order valence-electron chi connectivity index (χ3n) is 5.86. The molecule has 5 nitrogen and oxygen atoms in total. The molecule has 0 atom stereocenters. The van der Waals surface area contributed by atoms with Crippen molar-refractivity contribution in [2.24, 2.45) is 0 Å². The normalized spacial score (nSPS) is 23.0. The molecular weight excluding hydrogens is 411 g/mol. The minimum absolute atomic E-state index is 0.0175. The number of carbonyl (C=O) groups is 1. The smallest absolute Gasteiger partial charge is 0.416 e. The van der Waals surface area contributed by atoms with Gasteiger partial charge in [0.05, 0.1) is 24.9 Å². The Balaban J connectivity index is 1.25. The summed E-state index contributed by atoms with van der Waals surface area (Å²) in [7, 11) is 0. The van der Waals surface area contributed by atoms with Crippen LogP contribution in [0.4, 0.5) is 13.2 Å². The van der Waals surface area contributed by atoms with E-state index in [2.05, 4.69) is 5.32 Å². The first-order valence-corrected chi connectivity index (χ1v) is 10.3. The molecule has 0 spiro atoms. The molecule has 2 aliphatic rings. The SMILES string of the molecule is O=C(NC1CCC(Oc2ccc(C(F)(F)F)cc2)CC1)c1ccc(C2(O)COC2)cc1. The van der Waals surface area contributed by atoms with E-state index in [9.17, 15) is 23.1 Å². The van der Waals surface area contributed by atoms with Gasteiger partial charge < -0.3 is 19.9 Å². The number of carbonyl (C=O) groups excluding carboxylic acids is 1. The van der Waals surface area contributed by atoms with Crippen LogP contribution in [-0.2, 0) is 16.5 Å². The molecule has 166 valence electrons. The van der Waals surface area contributed by atoms with Crippen molar-refractivity contribution >= 4 is 5.91 Å².